The lowest BCUT2D eigenvalue weighted by atomic mass is 10.1. The van der Waals surface area contributed by atoms with Crippen LogP contribution in [0.2, 0.25) is 0 Å². The zero-order valence-electron chi connectivity index (χ0n) is 14.3. The first kappa shape index (κ1) is 18.1. The van der Waals surface area contributed by atoms with Crippen molar-refractivity contribution in [1.82, 2.24) is 0 Å². The van der Waals surface area contributed by atoms with E-state index in [4.69, 9.17) is 9.84 Å². The van der Waals surface area contributed by atoms with Gasteiger partial charge in [0.05, 0.1) is 6.10 Å². The molecule has 3 aromatic carbocycles. The molecule has 1 unspecified atom stereocenters. The third-order valence-corrected chi connectivity index (χ3v) is 4.10. The molecular weight excluding hydrogens is 331 g/mol. The van der Waals surface area contributed by atoms with Gasteiger partial charge in [-0.3, -0.25) is 0 Å². The highest BCUT2D eigenvalue weighted by molar-refractivity contribution is 5.83. The Kier molecular flexibility index (Phi) is 6.00. The minimum atomic E-state index is -0.691. The smallest absolute Gasteiger partial charge is 0.127 e. The van der Waals surface area contributed by atoms with Crippen molar-refractivity contribution in [3.8, 4) is 5.75 Å². The maximum Gasteiger partial charge on any atom is 0.127 e. The van der Waals surface area contributed by atoms with Crippen LogP contribution in [0.5, 0.6) is 5.75 Å². The van der Waals surface area contributed by atoms with E-state index < -0.39 is 6.10 Å². The molecular formula is C22H21FO3. The third-order valence-electron chi connectivity index (χ3n) is 4.10. The fourth-order valence-electron chi connectivity index (χ4n) is 2.71. The molecule has 26 heavy (non-hydrogen) atoms. The molecule has 0 amide bonds. The van der Waals surface area contributed by atoms with Gasteiger partial charge in [0.1, 0.15) is 18.2 Å². The number of hydrogen-bond acceptors (Lipinski definition) is 3. The highest BCUT2D eigenvalue weighted by atomic mass is 19.1. The lowest BCUT2D eigenvalue weighted by molar-refractivity contribution is 0.171. The van der Waals surface area contributed by atoms with Crippen molar-refractivity contribution in [2.75, 3.05) is 6.61 Å². The summed E-state index contributed by atoms with van der Waals surface area (Å²) < 4.78 is 19.3. The van der Waals surface area contributed by atoms with Crippen LogP contribution in [-0.4, -0.2) is 22.9 Å². The SMILES string of the molecule is OCCC(O)C=Cc1ccccc1OCc1ccc2ccc(F)cc2c1. The van der Waals surface area contributed by atoms with Crippen molar-refractivity contribution >= 4 is 16.8 Å². The Morgan fingerprint density at radius 1 is 1.00 bits per heavy atom. The van der Waals surface area contributed by atoms with Crippen molar-refractivity contribution in [1.29, 1.82) is 0 Å². The van der Waals surface area contributed by atoms with E-state index >= 15 is 0 Å². The lowest BCUT2D eigenvalue weighted by Gasteiger charge is -2.10. The molecule has 0 spiro atoms. The Bertz CT molecular complexity index is 905. The molecule has 0 heterocycles. The second-order valence-corrected chi connectivity index (χ2v) is 6.09. The van der Waals surface area contributed by atoms with E-state index in [1.165, 1.54) is 12.1 Å². The summed E-state index contributed by atoms with van der Waals surface area (Å²) in [7, 11) is 0. The first-order valence-corrected chi connectivity index (χ1v) is 8.53. The molecule has 0 bridgehead atoms. The van der Waals surface area contributed by atoms with E-state index in [1.807, 2.05) is 42.5 Å². The van der Waals surface area contributed by atoms with Crippen LogP contribution in [0.15, 0.2) is 66.7 Å². The highest BCUT2D eigenvalue weighted by Crippen LogP contribution is 2.23. The number of rotatable bonds is 7. The van der Waals surface area contributed by atoms with Crippen molar-refractivity contribution in [3.63, 3.8) is 0 Å². The predicted molar refractivity (Wildman–Crippen MR) is 101 cm³/mol. The van der Waals surface area contributed by atoms with Gasteiger partial charge in [-0.1, -0.05) is 48.6 Å². The molecule has 2 N–H and O–H groups in total. The molecule has 3 nitrogen and oxygen atoms in total. The topological polar surface area (TPSA) is 49.7 Å². The van der Waals surface area contributed by atoms with Crippen LogP contribution >= 0.6 is 0 Å². The fraction of sp³-hybridized carbons (Fsp3) is 0.182. The third kappa shape index (κ3) is 4.69. The summed E-state index contributed by atoms with van der Waals surface area (Å²) in [6, 6.07) is 18.1. The van der Waals surface area contributed by atoms with E-state index in [2.05, 4.69) is 0 Å². The maximum atomic E-state index is 13.4. The monoisotopic (exact) mass is 352 g/mol. The molecule has 0 aliphatic carbocycles. The molecule has 0 fully saturated rings. The highest BCUT2D eigenvalue weighted by Gasteiger charge is 2.04. The molecule has 1 atom stereocenters. The van der Waals surface area contributed by atoms with Crippen LogP contribution < -0.4 is 4.74 Å². The molecule has 0 saturated carbocycles. The van der Waals surface area contributed by atoms with Crippen LogP contribution in [0, 0.1) is 5.82 Å². The first-order chi connectivity index (χ1) is 12.7. The minimum Gasteiger partial charge on any atom is -0.488 e. The Balaban J connectivity index is 1.73. The summed E-state index contributed by atoms with van der Waals surface area (Å²) in [5.74, 6) is 0.437. The lowest BCUT2D eigenvalue weighted by Crippen LogP contribution is -2.04. The standard InChI is InChI=1S/C22H21FO3/c23-20-9-7-17-6-5-16(13-19(17)14-20)15-26-22-4-2-1-3-18(22)8-10-21(25)11-12-24/h1-10,13-14,21,24-25H,11-12,15H2. The van der Waals surface area contributed by atoms with E-state index in [1.54, 1.807) is 18.2 Å². The summed E-state index contributed by atoms with van der Waals surface area (Å²) in [6.45, 7) is 0.294. The molecule has 0 saturated heterocycles. The van der Waals surface area contributed by atoms with Gasteiger partial charge in [0.15, 0.2) is 0 Å². The summed E-state index contributed by atoms with van der Waals surface area (Å²) in [5.41, 5.74) is 1.79. The Labute approximate surface area is 152 Å². The molecule has 0 aliphatic heterocycles. The number of aliphatic hydroxyl groups is 2. The van der Waals surface area contributed by atoms with Crippen molar-refractivity contribution in [3.05, 3.63) is 83.7 Å². The van der Waals surface area contributed by atoms with Crippen LogP contribution in [0.3, 0.4) is 0 Å². The van der Waals surface area contributed by atoms with Gasteiger partial charge in [0.25, 0.3) is 0 Å². The van der Waals surface area contributed by atoms with E-state index in [9.17, 15) is 9.50 Å². The second-order valence-electron chi connectivity index (χ2n) is 6.09. The van der Waals surface area contributed by atoms with Crippen LogP contribution in [0.25, 0.3) is 16.8 Å². The van der Waals surface area contributed by atoms with Gasteiger partial charge in [-0.25, -0.2) is 4.39 Å². The van der Waals surface area contributed by atoms with Gasteiger partial charge in [-0.05, 0) is 47.0 Å². The molecule has 4 heteroatoms. The van der Waals surface area contributed by atoms with Crippen LogP contribution in [0.4, 0.5) is 4.39 Å². The Hall–Kier alpha value is -2.69. The van der Waals surface area contributed by atoms with E-state index in [0.717, 1.165) is 21.9 Å². The van der Waals surface area contributed by atoms with Gasteiger partial charge >= 0.3 is 0 Å². The quantitative estimate of drug-likeness (QED) is 0.666. The number of para-hydroxylation sites is 1. The van der Waals surface area contributed by atoms with Gasteiger partial charge < -0.3 is 14.9 Å². The average Bonchev–Trinajstić information content (AvgIpc) is 2.65. The number of fused-ring (bicyclic) bond motifs is 1. The molecule has 0 radical (unpaired) electrons. The van der Waals surface area contributed by atoms with Gasteiger partial charge in [0.2, 0.25) is 0 Å². The minimum absolute atomic E-state index is 0.0633. The van der Waals surface area contributed by atoms with Crippen LogP contribution in [0.1, 0.15) is 17.5 Å². The number of benzene rings is 3. The molecule has 3 rings (SSSR count). The molecule has 3 aromatic rings. The zero-order chi connectivity index (χ0) is 18.4. The number of halogens is 1. The number of hydrogen-bond donors (Lipinski definition) is 2. The van der Waals surface area contributed by atoms with Crippen LogP contribution in [-0.2, 0) is 6.61 Å². The van der Waals surface area contributed by atoms with Crippen molar-refractivity contribution in [2.24, 2.45) is 0 Å². The fourth-order valence-corrected chi connectivity index (χ4v) is 2.71. The molecule has 0 aromatic heterocycles. The van der Waals surface area contributed by atoms with Gasteiger partial charge in [-0.2, -0.15) is 0 Å². The van der Waals surface area contributed by atoms with E-state index in [-0.39, 0.29) is 12.4 Å². The van der Waals surface area contributed by atoms with Gasteiger partial charge in [0, 0.05) is 12.2 Å². The summed E-state index contributed by atoms with van der Waals surface area (Å²) >= 11 is 0. The summed E-state index contributed by atoms with van der Waals surface area (Å²) in [6.07, 6.45) is 3.03. The normalized spacial score (nSPS) is 12.6. The maximum absolute atomic E-state index is 13.4. The van der Waals surface area contributed by atoms with Crippen molar-refractivity contribution in [2.45, 2.75) is 19.1 Å². The average molecular weight is 352 g/mol. The summed E-state index contributed by atoms with van der Waals surface area (Å²) in [4.78, 5) is 0. The number of ether oxygens (including phenoxy) is 1. The zero-order valence-corrected chi connectivity index (χ0v) is 14.3. The van der Waals surface area contributed by atoms with E-state index in [0.29, 0.717) is 18.8 Å². The molecule has 0 aliphatic rings. The number of aliphatic hydroxyl groups excluding tert-OH is 2. The molecule has 134 valence electrons. The largest absolute Gasteiger partial charge is 0.488 e. The van der Waals surface area contributed by atoms with Crippen molar-refractivity contribution < 1.29 is 19.3 Å². The summed E-state index contributed by atoms with van der Waals surface area (Å²) in [5, 5.41) is 20.4. The Morgan fingerprint density at radius 2 is 1.81 bits per heavy atom. The van der Waals surface area contributed by atoms with Gasteiger partial charge in [-0.15, -0.1) is 0 Å². The predicted octanol–water partition coefficient (Wildman–Crippen LogP) is 4.31. The first-order valence-electron chi connectivity index (χ1n) is 8.53. The second kappa shape index (κ2) is 8.61. The Morgan fingerprint density at radius 3 is 2.65 bits per heavy atom.